The molecular formula is C13H14N2O2. The Labute approximate surface area is 99.2 Å². The zero-order valence-corrected chi connectivity index (χ0v) is 9.84. The summed E-state index contributed by atoms with van der Waals surface area (Å²) in [6.45, 7) is 3.75. The van der Waals surface area contributed by atoms with Gasteiger partial charge in [0.1, 0.15) is 0 Å². The highest BCUT2D eigenvalue weighted by Gasteiger charge is 2.07. The van der Waals surface area contributed by atoms with Crippen molar-refractivity contribution in [1.82, 2.24) is 9.61 Å². The van der Waals surface area contributed by atoms with Crippen molar-refractivity contribution in [2.45, 2.75) is 20.3 Å². The second-order valence-electron chi connectivity index (χ2n) is 3.91. The Kier molecular flexibility index (Phi) is 2.95. The van der Waals surface area contributed by atoms with Crippen LogP contribution in [0.2, 0.25) is 0 Å². The first-order valence-corrected chi connectivity index (χ1v) is 5.50. The smallest absolute Gasteiger partial charge is 0.331 e. The van der Waals surface area contributed by atoms with Crippen LogP contribution in [-0.2, 0) is 4.79 Å². The predicted molar refractivity (Wildman–Crippen MR) is 65.8 cm³/mol. The van der Waals surface area contributed by atoms with Crippen molar-refractivity contribution in [1.29, 1.82) is 0 Å². The standard InChI is InChI=1S/C13H14N2O2/c1-3-10(13(16)17)8-11-5-4-6-15-12(11)7-9(2)14-15/h4-8H,3H2,1-2H3,(H,16,17). The second-order valence-corrected chi connectivity index (χ2v) is 3.91. The van der Waals surface area contributed by atoms with E-state index in [2.05, 4.69) is 5.10 Å². The van der Waals surface area contributed by atoms with Crippen LogP contribution in [0.4, 0.5) is 0 Å². The first-order valence-electron chi connectivity index (χ1n) is 5.50. The van der Waals surface area contributed by atoms with Gasteiger partial charge >= 0.3 is 5.97 Å². The lowest BCUT2D eigenvalue weighted by Gasteiger charge is -2.01. The number of aryl methyl sites for hydroxylation is 1. The maximum Gasteiger partial charge on any atom is 0.331 e. The maximum absolute atomic E-state index is 11.0. The Balaban J connectivity index is 2.59. The summed E-state index contributed by atoms with van der Waals surface area (Å²) in [6.07, 6.45) is 4.06. The van der Waals surface area contributed by atoms with Crippen LogP contribution in [0.5, 0.6) is 0 Å². The molecular weight excluding hydrogens is 216 g/mol. The lowest BCUT2D eigenvalue weighted by molar-refractivity contribution is -0.132. The van der Waals surface area contributed by atoms with Crippen molar-refractivity contribution >= 4 is 17.6 Å². The van der Waals surface area contributed by atoms with Gasteiger partial charge < -0.3 is 5.11 Å². The van der Waals surface area contributed by atoms with Crippen molar-refractivity contribution in [2.75, 3.05) is 0 Å². The molecule has 0 amide bonds. The Bertz CT molecular complexity index is 596. The van der Waals surface area contributed by atoms with Gasteiger partial charge in [0.15, 0.2) is 0 Å². The summed E-state index contributed by atoms with van der Waals surface area (Å²) < 4.78 is 1.76. The van der Waals surface area contributed by atoms with Crippen LogP contribution in [-0.4, -0.2) is 20.7 Å². The molecule has 0 aliphatic rings. The normalized spacial score (nSPS) is 12.0. The molecule has 0 saturated carbocycles. The monoisotopic (exact) mass is 230 g/mol. The number of carboxylic acid groups (broad SMARTS) is 1. The molecule has 0 atom stereocenters. The van der Waals surface area contributed by atoms with E-state index in [-0.39, 0.29) is 0 Å². The van der Waals surface area contributed by atoms with Crippen molar-refractivity contribution in [3.8, 4) is 0 Å². The lowest BCUT2D eigenvalue weighted by atomic mass is 10.1. The number of hydrogen-bond donors (Lipinski definition) is 1. The number of aliphatic carboxylic acids is 1. The van der Waals surface area contributed by atoms with Crippen LogP contribution in [0.1, 0.15) is 24.6 Å². The zero-order valence-electron chi connectivity index (χ0n) is 9.84. The van der Waals surface area contributed by atoms with Crippen molar-refractivity contribution < 1.29 is 9.90 Å². The molecule has 0 spiro atoms. The third-order valence-electron chi connectivity index (χ3n) is 2.64. The highest BCUT2D eigenvalue weighted by Crippen LogP contribution is 2.17. The number of nitrogens with zero attached hydrogens (tertiary/aromatic N) is 2. The topological polar surface area (TPSA) is 54.6 Å². The molecule has 0 unspecified atom stereocenters. The van der Waals surface area contributed by atoms with Gasteiger partial charge in [-0.3, -0.25) is 0 Å². The molecule has 2 heterocycles. The molecule has 0 bridgehead atoms. The molecule has 0 saturated heterocycles. The first kappa shape index (κ1) is 11.4. The summed E-state index contributed by atoms with van der Waals surface area (Å²) in [5, 5.41) is 13.3. The molecule has 2 rings (SSSR count). The van der Waals surface area contributed by atoms with E-state index in [4.69, 9.17) is 5.11 Å². The molecule has 2 aromatic rings. The second kappa shape index (κ2) is 4.41. The number of carboxylic acids is 1. The van der Waals surface area contributed by atoms with Crippen LogP contribution in [0, 0.1) is 6.92 Å². The highest BCUT2D eigenvalue weighted by molar-refractivity contribution is 5.93. The van der Waals surface area contributed by atoms with Crippen molar-refractivity contribution in [2.24, 2.45) is 0 Å². The van der Waals surface area contributed by atoms with E-state index in [0.29, 0.717) is 12.0 Å². The molecule has 4 heteroatoms. The maximum atomic E-state index is 11.0. The van der Waals surface area contributed by atoms with E-state index in [1.165, 1.54) is 0 Å². The molecule has 1 N–H and O–H groups in total. The summed E-state index contributed by atoms with van der Waals surface area (Å²) in [5.41, 5.74) is 3.13. The van der Waals surface area contributed by atoms with Gasteiger partial charge in [0.2, 0.25) is 0 Å². The van der Waals surface area contributed by atoms with E-state index in [0.717, 1.165) is 16.8 Å². The summed E-state index contributed by atoms with van der Waals surface area (Å²) >= 11 is 0. The van der Waals surface area contributed by atoms with Crippen LogP contribution in [0.15, 0.2) is 30.0 Å². The first-order chi connectivity index (χ1) is 8.11. The fourth-order valence-corrected chi connectivity index (χ4v) is 1.78. The van der Waals surface area contributed by atoms with E-state index >= 15 is 0 Å². The molecule has 0 aromatic carbocycles. The third-order valence-corrected chi connectivity index (χ3v) is 2.64. The lowest BCUT2D eigenvalue weighted by Crippen LogP contribution is -1.99. The van der Waals surface area contributed by atoms with Crippen LogP contribution in [0.25, 0.3) is 11.6 Å². The van der Waals surface area contributed by atoms with Gasteiger partial charge in [-0.25, -0.2) is 9.31 Å². The molecule has 88 valence electrons. The number of pyridine rings is 1. The van der Waals surface area contributed by atoms with Crippen molar-refractivity contribution in [3.63, 3.8) is 0 Å². The zero-order chi connectivity index (χ0) is 12.4. The van der Waals surface area contributed by atoms with Crippen LogP contribution >= 0.6 is 0 Å². The summed E-state index contributed by atoms with van der Waals surface area (Å²) in [5.74, 6) is -0.870. The van der Waals surface area contributed by atoms with Gasteiger partial charge in [-0.1, -0.05) is 13.0 Å². The van der Waals surface area contributed by atoms with Gasteiger partial charge in [-0.05, 0) is 31.6 Å². The fraction of sp³-hybridized carbons (Fsp3) is 0.231. The Hall–Kier alpha value is -2.10. The molecule has 0 radical (unpaired) electrons. The minimum Gasteiger partial charge on any atom is -0.478 e. The number of fused-ring (bicyclic) bond motifs is 1. The Morgan fingerprint density at radius 2 is 2.35 bits per heavy atom. The molecule has 0 aliphatic carbocycles. The summed E-state index contributed by atoms with van der Waals surface area (Å²) in [7, 11) is 0. The van der Waals surface area contributed by atoms with Gasteiger partial charge in [0, 0.05) is 17.3 Å². The third kappa shape index (κ3) is 2.20. The summed E-state index contributed by atoms with van der Waals surface area (Å²) in [6, 6.07) is 5.70. The SMILES string of the molecule is CCC(=Cc1cccn2nc(C)cc12)C(=O)O. The van der Waals surface area contributed by atoms with E-state index in [9.17, 15) is 4.79 Å². The van der Waals surface area contributed by atoms with E-state index < -0.39 is 5.97 Å². The average molecular weight is 230 g/mol. The number of aromatic nitrogens is 2. The predicted octanol–water partition coefficient (Wildman–Crippen LogP) is 2.52. The Morgan fingerprint density at radius 1 is 1.59 bits per heavy atom. The number of hydrogen-bond acceptors (Lipinski definition) is 2. The van der Waals surface area contributed by atoms with E-state index in [1.807, 2.05) is 38.2 Å². The number of carbonyl (C=O) groups is 1. The summed E-state index contributed by atoms with van der Waals surface area (Å²) in [4.78, 5) is 11.0. The van der Waals surface area contributed by atoms with Gasteiger partial charge in [-0.15, -0.1) is 0 Å². The molecule has 2 aromatic heterocycles. The van der Waals surface area contributed by atoms with E-state index in [1.54, 1.807) is 10.6 Å². The Morgan fingerprint density at radius 3 is 3.00 bits per heavy atom. The van der Waals surface area contributed by atoms with Gasteiger partial charge in [0.05, 0.1) is 11.2 Å². The van der Waals surface area contributed by atoms with Gasteiger partial charge in [0.25, 0.3) is 0 Å². The molecule has 4 nitrogen and oxygen atoms in total. The fourth-order valence-electron chi connectivity index (χ4n) is 1.78. The average Bonchev–Trinajstić information content (AvgIpc) is 2.66. The van der Waals surface area contributed by atoms with Crippen LogP contribution in [0.3, 0.4) is 0 Å². The minimum absolute atomic E-state index is 0.400. The van der Waals surface area contributed by atoms with Crippen molar-refractivity contribution in [3.05, 3.63) is 41.2 Å². The molecule has 17 heavy (non-hydrogen) atoms. The quantitative estimate of drug-likeness (QED) is 0.824. The van der Waals surface area contributed by atoms with Crippen LogP contribution < -0.4 is 0 Å². The molecule has 0 fully saturated rings. The minimum atomic E-state index is -0.870. The van der Waals surface area contributed by atoms with Gasteiger partial charge in [-0.2, -0.15) is 5.10 Å². The number of rotatable bonds is 3. The largest absolute Gasteiger partial charge is 0.478 e. The molecule has 0 aliphatic heterocycles. The highest BCUT2D eigenvalue weighted by atomic mass is 16.4.